The van der Waals surface area contributed by atoms with E-state index in [-0.39, 0.29) is 6.61 Å². The van der Waals surface area contributed by atoms with Crippen molar-refractivity contribution in [2.24, 2.45) is 5.73 Å². The molecule has 1 unspecified atom stereocenters. The monoisotopic (exact) mass is 357 g/mol. The first-order valence-corrected chi connectivity index (χ1v) is 7.36. The van der Waals surface area contributed by atoms with E-state index < -0.39 is 23.1 Å². The molecule has 116 valence electrons. The van der Waals surface area contributed by atoms with E-state index >= 15 is 0 Å². The molecule has 0 aliphatic heterocycles. The first kappa shape index (κ1) is 17.7. The van der Waals surface area contributed by atoms with Gasteiger partial charge in [0.15, 0.2) is 0 Å². The number of rotatable bonds is 4. The summed E-state index contributed by atoms with van der Waals surface area (Å²) in [6, 6.07) is 6.64. The van der Waals surface area contributed by atoms with Crippen LogP contribution in [-0.4, -0.2) is 24.1 Å². The summed E-state index contributed by atoms with van der Waals surface area (Å²) in [6.45, 7) is 6.88. The maximum Gasteiger partial charge on any atom is 0.343 e. The van der Waals surface area contributed by atoms with Crippen LogP contribution in [0.5, 0.6) is 0 Å². The fraction of sp³-hybridized carbons (Fsp3) is 0.467. The van der Waals surface area contributed by atoms with Gasteiger partial charge in [0, 0.05) is 4.47 Å². The third-order valence-corrected chi connectivity index (χ3v) is 3.09. The van der Waals surface area contributed by atoms with Crippen molar-refractivity contribution in [3.63, 3.8) is 0 Å². The van der Waals surface area contributed by atoms with Crippen molar-refractivity contribution in [2.75, 3.05) is 6.61 Å². The molecule has 6 heteroatoms. The van der Waals surface area contributed by atoms with Gasteiger partial charge in [-0.25, -0.2) is 9.59 Å². The van der Waals surface area contributed by atoms with Crippen LogP contribution in [0, 0.1) is 0 Å². The Hall–Kier alpha value is -1.40. The Morgan fingerprint density at radius 2 is 1.86 bits per heavy atom. The van der Waals surface area contributed by atoms with Crippen LogP contribution in [0.15, 0.2) is 28.7 Å². The molecular formula is C15H20BrNO4. The molecule has 0 saturated heterocycles. The Kier molecular flexibility index (Phi) is 5.53. The minimum atomic E-state index is -1.99. The second kappa shape index (κ2) is 6.58. The lowest BCUT2D eigenvalue weighted by Crippen LogP contribution is -2.55. The molecule has 1 aromatic rings. The normalized spacial score (nSPS) is 14.2. The van der Waals surface area contributed by atoms with Gasteiger partial charge in [-0.1, -0.05) is 28.1 Å². The number of esters is 2. The standard InChI is InChI=1S/C15H20BrNO4/c1-5-20-12(18)15(17,13(19)21-14(2,3)4)10-7-6-8-11(16)9-10/h6-9H,5,17H2,1-4H3. The number of benzene rings is 1. The van der Waals surface area contributed by atoms with Crippen molar-refractivity contribution >= 4 is 27.9 Å². The van der Waals surface area contributed by atoms with Crippen LogP contribution in [0.4, 0.5) is 0 Å². The van der Waals surface area contributed by atoms with Gasteiger partial charge in [-0.2, -0.15) is 0 Å². The van der Waals surface area contributed by atoms with Crippen molar-refractivity contribution < 1.29 is 19.1 Å². The van der Waals surface area contributed by atoms with Gasteiger partial charge in [0.25, 0.3) is 0 Å². The lowest BCUT2D eigenvalue weighted by Gasteiger charge is -2.29. The second-order valence-electron chi connectivity index (χ2n) is 5.54. The number of halogens is 1. The van der Waals surface area contributed by atoms with E-state index in [9.17, 15) is 9.59 Å². The van der Waals surface area contributed by atoms with Gasteiger partial charge < -0.3 is 15.2 Å². The molecule has 0 spiro atoms. The molecule has 0 aliphatic rings. The van der Waals surface area contributed by atoms with E-state index in [2.05, 4.69) is 15.9 Å². The Labute approximate surface area is 132 Å². The van der Waals surface area contributed by atoms with Crippen LogP contribution >= 0.6 is 15.9 Å². The zero-order chi connectivity index (χ0) is 16.3. The highest BCUT2D eigenvalue weighted by Crippen LogP contribution is 2.27. The van der Waals surface area contributed by atoms with Crippen LogP contribution in [-0.2, 0) is 24.6 Å². The van der Waals surface area contributed by atoms with Gasteiger partial charge in [0.2, 0.25) is 5.54 Å². The summed E-state index contributed by atoms with van der Waals surface area (Å²) < 4.78 is 10.9. The Bertz CT molecular complexity index is 539. The zero-order valence-electron chi connectivity index (χ0n) is 12.6. The molecule has 21 heavy (non-hydrogen) atoms. The average molecular weight is 358 g/mol. The summed E-state index contributed by atoms with van der Waals surface area (Å²) in [5, 5.41) is 0. The minimum absolute atomic E-state index is 0.120. The molecule has 0 bridgehead atoms. The molecule has 0 heterocycles. The summed E-state index contributed by atoms with van der Waals surface area (Å²) >= 11 is 3.29. The largest absolute Gasteiger partial charge is 0.464 e. The smallest absolute Gasteiger partial charge is 0.343 e. The highest BCUT2D eigenvalue weighted by Gasteiger charge is 2.48. The predicted molar refractivity (Wildman–Crippen MR) is 82.5 cm³/mol. The van der Waals surface area contributed by atoms with Gasteiger partial charge in [-0.05, 0) is 45.4 Å². The molecule has 1 rings (SSSR count). The maximum atomic E-state index is 12.4. The fourth-order valence-electron chi connectivity index (χ4n) is 1.66. The molecule has 5 nitrogen and oxygen atoms in total. The van der Waals surface area contributed by atoms with Gasteiger partial charge in [-0.3, -0.25) is 0 Å². The highest BCUT2D eigenvalue weighted by atomic mass is 79.9. The summed E-state index contributed by atoms with van der Waals surface area (Å²) in [4.78, 5) is 24.7. The molecule has 0 radical (unpaired) electrons. The van der Waals surface area contributed by atoms with Crippen molar-refractivity contribution in [3.05, 3.63) is 34.3 Å². The van der Waals surface area contributed by atoms with Crippen LogP contribution in [0.25, 0.3) is 0 Å². The molecule has 0 saturated carbocycles. The van der Waals surface area contributed by atoms with Crippen molar-refractivity contribution in [1.29, 1.82) is 0 Å². The molecule has 0 amide bonds. The number of nitrogens with two attached hydrogens (primary N) is 1. The number of hydrogen-bond donors (Lipinski definition) is 1. The van der Waals surface area contributed by atoms with E-state index in [4.69, 9.17) is 15.2 Å². The molecule has 0 fully saturated rings. The van der Waals surface area contributed by atoms with E-state index in [1.54, 1.807) is 52.0 Å². The number of hydrogen-bond acceptors (Lipinski definition) is 5. The lowest BCUT2D eigenvalue weighted by molar-refractivity contribution is -0.172. The fourth-order valence-corrected chi connectivity index (χ4v) is 2.06. The van der Waals surface area contributed by atoms with Crippen LogP contribution < -0.4 is 5.73 Å². The van der Waals surface area contributed by atoms with Gasteiger partial charge in [0.05, 0.1) is 6.61 Å². The van der Waals surface area contributed by atoms with E-state index in [1.807, 2.05) is 0 Å². The molecule has 1 atom stereocenters. The minimum Gasteiger partial charge on any atom is -0.464 e. The average Bonchev–Trinajstić information content (AvgIpc) is 2.35. The SMILES string of the molecule is CCOC(=O)C(N)(C(=O)OC(C)(C)C)c1cccc(Br)c1. The third kappa shape index (κ3) is 4.28. The number of carbonyl (C=O) groups excluding carboxylic acids is 2. The van der Waals surface area contributed by atoms with Crippen LogP contribution in [0.1, 0.15) is 33.3 Å². The zero-order valence-corrected chi connectivity index (χ0v) is 14.2. The molecule has 1 aromatic carbocycles. The van der Waals surface area contributed by atoms with Crippen LogP contribution in [0.2, 0.25) is 0 Å². The van der Waals surface area contributed by atoms with E-state index in [0.717, 1.165) is 0 Å². The first-order valence-electron chi connectivity index (χ1n) is 6.57. The summed E-state index contributed by atoms with van der Waals surface area (Å²) in [5.74, 6) is -1.68. The molecular weight excluding hydrogens is 338 g/mol. The summed E-state index contributed by atoms with van der Waals surface area (Å²) in [5.41, 5.74) is 3.65. The highest BCUT2D eigenvalue weighted by molar-refractivity contribution is 9.10. The number of ether oxygens (including phenoxy) is 2. The quantitative estimate of drug-likeness (QED) is 0.661. The lowest BCUT2D eigenvalue weighted by atomic mass is 9.90. The van der Waals surface area contributed by atoms with Crippen molar-refractivity contribution in [1.82, 2.24) is 0 Å². The van der Waals surface area contributed by atoms with E-state index in [1.165, 1.54) is 0 Å². The Balaban J connectivity index is 3.30. The molecule has 0 aliphatic carbocycles. The van der Waals surface area contributed by atoms with Gasteiger partial charge in [0.1, 0.15) is 5.60 Å². The first-order chi connectivity index (χ1) is 9.61. The topological polar surface area (TPSA) is 78.6 Å². The maximum absolute atomic E-state index is 12.4. The van der Waals surface area contributed by atoms with Crippen molar-refractivity contribution in [3.8, 4) is 0 Å². The van der Waals surface area contributed by atoms with Crippen molar-refractivity contribution in [2.45, 2.75) is 38.8 Å². The summed E-state index contributed by atoms with van der Waals surface area (Å²) in [7, 11) is 0. The number of carbonyl (C=O) groups is 2. The molecule has 2 N–H and O–H groups in total. The van der Waals surface area contributed by atoms with E-state index in [0.29, 0.717) is 10.0 Å². The Morgan fingerprint density at radius 3 is 2.33 bits per heavy atom. The Morgan fingerprint density at radius 1 is 1.24 bits per heavy atom. The second-order valence-corrected chi connectivity index (χ2v) is 6.46. The van der Waals surface area contributed by atoms with Gasteiger partial charge in [-0.15, -0.1) is 0 Å². The van der Waals surface area contributed by atoms with Crippen LogP contribution in [0.3, 0.4) is 0 Å². The predicted octanol–water partition coefficient (Wildman–Crippen LogP) is 2.51. The summed E-state index contributed by atoms with van der Waals surface area (Å²) in [6.07, 6.45) is 0. The molecule has 0 aromatic heterocycles. The van der Waals surface area contributed by atoms with Gasteiger partial charge >= 0.3 is 11.9 Å². The third-order valence-electron chi connectivity index (χ3n) is 2.60.